The molecule has 0 radical (unpaired) electrons. The smallest absolute Gasteiger partial charge is 0.408 e. The van der Waals surface area contributed by atoms with Gasteiger partial charge in [0.25, 0.3) is 0 Å². The monoisotopic (exact) mass is 253 g/mol. The van der Waals surface area contributed by atoms with Crippen LogP contribution in [-0.2, 0) is 0 Å². The van der Waals surface area contributed by atoms with Gasteiger partial charge in [0.2, 0.25) is 0 Å². The molecule has 6 heteroatoms. The summed E-state index contributed by atoms with van der Waals surface area (Å²) in [5, 5.41) is 0. The summed E-state index contributed by atoms with van der Waals surface area (Å²) in [6.45, 7) is 0.976. The van der Waals surface area contributed by atoms with Crippen LogP contribution in [0.15, 0.2) is 26.2 Å². The molecule has 2 aromatic rings. The van der Waals surface area contributed by atoms with Crippen LogP contribution in [0.5, 0.6) is 0 Å². The number of nitrogens with two attached hydrogens (primary N) is 1. The van der Waals surface area contributed by atoms with Crippen molar-refractivity contribution in [3.63, 3.8) is 0 Å². The van der Waals surface area contributed by atoms with Gasteiger partial charge in [-0.2, -0.15) is 0 Å². The zero-order valence-electron chi connectivity index (χ0n) is 9.82. The number of hydrogen-bond donors (Lipinski definition) is 2. The average molecular weight is 253 g/mol. The fraction of sp³-hybridized carbons (Fsp3) is 0.364. The Kier molecular flexibility index (Phi) is 3.44. The highest BCUT2D eigenvalue weighted by molar-refractivity contribution is 7.99. The molecule has 0 atom stereocenters. The van der Waals surface area contributed by atoms with E-state index in [1.165, 1.54) is 0 Å². The summed E-state index contributed by atoms with van der Waals surface area (Å²) in [7, 11) is 4.06. The van der Waals surface area contributed by atoms with Crippen LogP contribution in [-0.4, -0.2) is 36.3 Å². The fourth-order valence-corrected chi connectivity index (χ4v) is 2.56. The molecule has 0 unspecified atom stereocenters. The van der Waals surface area contributed by atoms with E-state index < -0.39 is 5.76 Å². The average Bonchev–Trinajstić information content (AvgIpc) is 2.57. The first-order valence-electron chi connectivity index (χ1n) is 5.26. The number of hydrogen-bond acceptors (Lipinski definition) is 5. The molecule has 0 bridgehead atoms. The van der Waals surface area contributed by atoms with Gasteiger partial charge in [0.1, 0.15) is 0 Å². The second-order valence-corrected chi connectivity index (χ2v) is 5.19. The maximum atomic E-state index is 11.0. The van der Waals surface area contributed by atoms with Crippen LogP contribution < -0.4 is 11.5 Å². The van der Waals surface area contributed by atoms with Gasteiger partial charge in [-0.15, -0.1) is 11.8 Å². The molecule has 0 fully saturated rings. The Morgan fingerprint density at radius 1 is 1.47 bits per heavy atom. The Hall–Kier alpha value is -1.40. The molecular formula is C11H15N3O2S. The molecule has 3 N–H and O–H groups in total. The Morgan fingerprint density at radius 3 is 2.94 bits per heavy atom. The van der Waals surface area contributed by atoms with Gasteiger partial charge >= 0.3 is 5.76 Å². The van der Waals surface area contributed by atoms with E-state index in [1.807, 2.05) is 20.2 Å². The van der Waals surface area contributed by atoms with Crippen molar-refractivity contribution in [1.29, 1.82) is 0 Å². The maximum absolute atomic E-state index is 11.0. The third kappa shape index (κ3) is 2.83. The number of nitrogens with zero attached hydrogens (tertiary/aromatic N) is 1. The molecule has 0 aliphatic rings. The zero-order chi connectivity index (χ0) is 12.4. The van der Waals surface area contributed by atoms with Crippen molar-refractivity contribution in [1.82, 2.24) is 9.88 Å². The summed E-state index contributed by atoms with van der Waals surface area (Å²) >= 11 is 1.67. The molecule has 2 rings (SSSR count). The molecule has 0 spiro atoms. The Labute approximate surface area is 103 Å². The van der Waals surface area contributed by atoms with Gasteiger partial charge in [0, 0.05) is 28.9 Å². The van der Waals surface area contributed by atoms with Crippen molar-refractivity contribution < 1.29 is 4.42 Å². The molecule has 0 saturated heterocycles. The van der Waals surface area contributed by atoms with Crippen LogP contribution in [0.25, 0.3) is 11.1 Å². The number of aromatic nitrogens is 1. The lowest BCUT2D eigenvalue weighted by Gasteiger charge is -2.09. The Bertz CT molecular complexity index is 574. The van der Waals surface area contributed by atoms with E-state index >= 15 is 0 Å². The van der Waals surface area contributed by atoms with E-state index in [0.717, 1.165) is 17.2 Å². The number of nitrogen functional groups attached to an aromatic ring is 1. The number of rotatable bonds is 4. The van der Waals surface area contributed by atoms with Crippen molar-refractivity contribution in [3.8, 4) is 0 Å². The Morgan fingerprint density at radius 2 is 2.24 bits per heavy atom. The molecule has 0 aliphatic heterocycles. The highest BCUT2D eigenvalue weighted by Gasteiger charge is 2.07. The van der Waals surface area contributed by atoms with E-state index in [-0.39, 0.29) is 0 Å². The number of anilines is 1. The first kappa shape index (κ1) is 12.1. The minimum absolute atomic E-state index is 0.449. The van der Waals surface area contributed by atoms with Crippen LogP contribution in [0.3, 0.4) is 0 Å². The minimum atomic E-state index is -0.449. The van der Waals surface area contributed by atoms with E-state index in [9.17, 15) is 4.79 Å². The van der Waals surface area contributed by atoms with Crippen molar-refractivity contribution in [2.45, 2.75) is 4.90 Å². The van der Waals surface area contributed by atoms with E-state index in [0.29, 0.717) is 16.8 Å². The number of aromatic amines is 1. The van der Waals surface area contributed by atoms with Gasteiger partial charge in [-0.25, -0.2) is 4.79 Å². The number of benzene rings is 1. The highest BCUT2D eigenvalue weighted by atomic mass is 32.2. The lowest BCUT2D eigenvalue weighted by molar-refractivity contribution is 0.437. The fourth-order valence-electron chi connectivity index (χ4n) is 1.46. The summed E-state index contributed by atoms with van der Waals surface area (Å²) in [6, 6.07) is 3.54. The van der Waals surface area contributed by atoms with Crippen LogP contribution in [0, 0.1) is 0 Å². The second-order valence-electron chi connectivity index (χ2n) is 4.05. The predicted octanol–water partition coefficient (Wildman–Crippen LogP) is 1.36. The van der Waals surface area contributed by atoms with E-state index in [2.05, 4.69) is 9.88 Å². The molecule has 0 amide bonds. The molecule has 0 saturated carbocycles. The lowest BCUT2D eigenvalue weighted by atomic mass is 10.3. The predicted molar refractivity (Wildman–Crippen MR) is 70.5 cm³/mol. The van der Waals surface area contributed by atoms with Gasteiger partial charge in [0.15, 0.2) is 5.58 Å². The second kappa shape index (κ2) is 4.85. The summed E-state index contributed by atoms with van der Waals surface area (Å²) in [5.74, 6) is 0.500. The van der Waals surface area contributed by atoms with Crippen LogP contribution >= 0.6 is 11.8 Å². The van der Waals surface area contributed by atoms with E-state index in [1.54, 1.807) is 17.8 Å². The van der Waals surface area contributed by atoms with Crippen LogP contribution in [0.4, 0.5) is 5.69 Å². The SMILES string of the molecule is CN(C)CCSc1cc2[nH]c(=O)oc2cc1N. The van der Waals surface area contributed by atoms with Gasteiger partial charge in [-0.3, -0.25) is 4.98 Å². The summed E-state index contributed by atoms with van der Waals surface area (Å²) < 4.78 is 4.94. The topological polar surface area (TPSA) is 75.3 Å². The molecule has 17 heavy (non-hydrogen) atoms. The number of thioether (sulfide) groups is 1. The summed E-state index contributed by atoms with van der Waals surface area (Å²) in [6.07, 6.45) is 0. The summed E-state index contributed by atoms with van der Waals surface area (Å²) in [4.78, 5) is 16.7. The van der Waals surface area contributed by atoms with Crippen LogP contribution in [0.1, 0.15) is 0 Å². The third-order valence-corrected chi connectivity index (χ3v) is 3.40. The first-order valence-corrected chi connectivity index (χ1v) is 6.24. The van der Waals surface area contributed by atoms with Crippen molar-refractivity contribution in [3.05, 3.63) is 22.7 Å². The minimum Gasteiger partial charge on any atom is -0.408 e. The molecule has 92 valence electrons. The zero-order valence-corrected chi connectivity index (χ0v) is 10.6. The number of H-pyrrole nitrogens is 1. The largest absolute Gasteiger partial charge is 0.417 e. The molecular weight excluding hydrogens is 238 g/mol. The highest BCUT2D eigenvalue weighted by Crippen LogP contribution is 2.28. The van der Waals surface area contributed by atoms with Gasteiger partial charge in [-0.05, 0) is 20.2 Å². The molecule has 0 aliphatic carbocycles. The number of fused-ring (bicyclic) bond motifs is 1. The lowest BCUT2D eigenvalue weighted by Crippen LogP contribution is -2.14. The van der Waals surface area contributed by atoms with Crippen molar-refractivity contribution >= 4 is 28.5 Å². The molecule has 1 aromatic carbocycles. The number of nitrogens with one attached hydrogen (secondary N) is 1. The van der Waals surface area contributed by atoms with Crippen molar-refractivity contribution in [2.75, 3.05) is 32.1 Å². The molecule has 5 nitrogen and oxygen atoms in total. The normalized spacial score (nSPS) is 11.5. The molecule has 1 aromatic heterocycles. The van der Waals surface area contributed by atoms with Gasteiger partial charge < -0.3 is 15.1 Å². The quantitative estimate of drug-likeness (QED) is 0.635. The first-order chi connectivity index (χ1) is 8.06. The van der Waals surface area contributed by atoms with Crippen molar-refractivity contribution in [2.24, 2.45) is 0 Å². The van der Waals surface area contributed by atoms with Gasteiger partial charge in [0.05, 0.1) is 5.52 Å². The summed E-state index contributed by atoms with van der Waals surface area (Å²) in [5.41, 5.74) is 7.74. The van der Waals surface area contributed by atoms with Gasteiger partial charge in [-0.1, -0.05) is 0 Å². The number of oxazole rings is 1. The molecule has 1 heterocycles. The van der Waals surface area contributed by atoms with Crippen LogP contribution in [0.2, 0.25) is 0 Å². The van der Waals surface area contributed by atoms with E-state index in [4.69, 9.17) is 10.2 Å². The maximum Gasteiger partial charge on any atom is 0.417 e. The Balaban J connectivity index is 2.21. The standard InChI is InChI=1S/C11H15N3O2S/c1-14(2)3-4-17-10-6-8-9(5-7(10)12)16-11(15)13-8/h5-6H,3-4,12H2,1-2H3,(H,13,15). The third-order valence-electron chi connectivity index (χ3n) is 2.35.